The van der Waals surface area contributed by atoms with Gasteiger partial charge in [-0.15, -0.1) is 0 Å². The summed E-state index contributed by atoms with van der Waals surface area (Å²) in [5.74, 6) is -0.166. The molecule has 0 amide bonds. The molecule has 0 aromatic heterocycles. The molecule has 1 fully saturated rings. The molecular formula is C16H24FNO. The second-order valence-corrected chi connectivity index (χ2v) is 6.48. The van der Waals surface area contributed by atoms with Crippen LogP contribution >= 0.6 is 0 Å². The fourth-order valence-corrected chi connectivity index (χ4v) is 2.61. The molecule has 2 nitrogen and oxygen atoms in total. The lowest BCUT2D eigenvalue weighted by molar-refractivity contribution is 0.00708. The Kier molecular flexibility index (Phi) is 4.58. The third kappa shape index (κ3) is 4.29. The van der Waals surface area contributed by atoms with E-state index in [0.717, 1.165) is 32.7 Å². The predicted octanol–water partition coefficient (Wildman–Crippen LogP) is 3.64. The van der Waals surface area contributed by atoms with Gasteiger partial charge in [0.05, 0.1) is 13.2 Å². The number of halogens is 1. The molecule has 1 saturated heterocycles. The minimum Gasteiger partial charge on any atom is -0.379 e. The Morgan fingerprint density at radius 1 is 1.16 bits per heavy atom. The van der Waals surface area contributed by atoms with Crippen LogP contribution in [-0.2, 0) is 4.74 Å². The Bertz CT molecular complexity index is 390. The van der Waals surface area contributed by atoms with E-state index in [2.05, 4.69) is 25.7 Å². The highest BCUT2D eigenvalue weighted by molar-refractivity contribution is 5.20. The topological polar surface area (TPSA) is 12.5 Å². The van der Waals surface area contributed by atoms with E-state index >= 15 is 0 Å². The molecule has 19 heavy (non-hydrogen) atoms. The minimum atomic E-state index is -0.166. The Morgan fingerprint density at radius 3 is 2.26 bits per heavy atom. The summed E-state index contributed by atoms with van der Waals surface area (Å²) in [5.41, 5.74) is 1.45. The monoisotopic (exact) mass is 265 g/mol. The molecule has 0 bridgehead atoms. The lowest BCUT2D eigenvalue weighted by atomic mass is 9.84. The Hall–Kier alpha value is -0.930. The van der Waals surface area contributed by atoms with Crippen LogP contribution in [0.3, 0.4) is 0 Å². The normalized spacial score (nSPS) is 19.4. The van der Waals surface area contributed by atoms with Gasteiger partial charge in [-0.1, -0.05) is 32.9 Å². The standard InChI is InChI=1S/C16H24FNO/c1-16(2,3)12-15(18-8-10-19-11-9-18)13-4-6-14(17)7-5-13/h4-7,15H,8-12H2,1-3H3. The lowest BCUT2D eigenvalue weighted by Gasteiger charge is -2.38. The van der Waals surface area contributed by atoms with Gasteiger partial charge in [-0.25, -0.2) is 4.39 Å². The van der Waals surface area contributed by atoms with Crippen LogP contribution in [0.25, 0.3) is 0 Å². The van der Waals surface area contributed by atoms with Crippen molar-refractivity contribution in [3.8, 4) is 0 Å². The van der Waals surface area contributed by atoms with E-state index < -0.39 is 0 Å². The largest absolute Gasteiger partial charge is 0.379 e. The number of benzene rings is 1. The molecule has 1 unspecified atom stereocenters. The quantitative estimate of drug-likeness (QED) is 0.827. The second kappa shape index (κ2) is 6.02. The zero-order chi connectivity index (χ0) is 13.9. The first-order chi connectivity index (χ1) is 8.96. The molecule has 1 aliphatic heterocycles. The molecule has 106 valence electrons. The number of rotatable bonds is 3. The van der Waals surface area contributed by atoms with Crippen LogP contribution in [0.15, 0.2) is 24.3 Å². The average molecular weight is 265 g/mol. The van der Waals surface area contributed by atoms with Crippen LogP contribution in [0.2, 0.25) is 0 Å². The molecule has 0 saturated carbocycles. The zero-order valence-electron chi connectivity index (χ0n) is 12.2. The third-order valence-electron chi connectivity index (χ3n) is 3.55. The summed E-state index contributed by atoms with van der Waals surface area (Å²) in [5, 5.41) is 0. The fraction of sp³-hybridized carbons (Fsp3) is 0.625. The summed E-state index contributed by atoms with van der Waals surface area (Å²) in [7, 11) is 0. The van der Waals surface area contributed by atoms with Crippen LogP contribution in [0.5, 0.6) is 0 Å². The molecule has 1 aromatic carbocycles. The molecule has 0 aliphatic carbocycles. The van der Waals surface area contributed by atoms with Gasteiger partial charge in [-0.05, 0) is 29.5 Å². The van der Waals surface area contributed by atoms with Gasteiger partial charge in [-0.2, -0.15) is 0 Å². The van der Waals surface area contributed by atoms with E-state index in [0.29, 0.717) is 6.04 Å². The van der Waals surface area contributed by atoms with Crippen LogP contribution in [0.1, 0.15) is 38.8 Å². The van der Waals surface area contributed by atoms with Crippen LogP contribution in [-0.4, -0.2) is 31.2 Å². The van der Waals surface area contributed by atoms with Gasteiger partial charge in [0, 0.05) is 19.1 Å². The molecule has 0 spiro atoms. The van der Waals surface area contributed by atoms with Gasteiger partial charge >= 0.3 is 0 Å². The summed E-state index contributed by atoms with van der Waals surface area (Å²) < 4.78 is 18.5. The minimum absolute atomic E-state index is 0.166. The van der Waals surface area contributed by atoms with Crippen LogP contribution < -0.4 is 0 Å². The SMILES string of the molecule is CC(C)(C)CC(c1ccc(F)cc1)N1CCOCC1. The summed E-state index contributed by atoms with van der Waals surface area (Å²) in [6, 6.07) is 7.31. The number of nitrogens with zero attached hydrogens (tertiary/aromatic N) is 1. The molecule has 0 N–H and O–H groups in total. The highest BCUT2D eigenvalue weighted by atomic mass is 19.1. The highest BCUT2D eigenvalue weighted by Gasteiger charge is 2.27. The van der Waals surface area contributed by atoms with Crippen molar-refractivity contribution >= 4 is 0 Å². The van der Waals surface area contributed by atoms with Crippen molar-refractivity contribution in [2.75, 3.05) is 26.3 Å². The molecule has 1 aliphatic rings. The lowest BCUT2D eigenvalue weighted by Crippen LogP contribution is -2.40. The van der Waals surface area contributed by atoms with Crippen molar-refractivity contribution in [2.24, 2.45) is 5.41 Å². The molecule has 3 heteroatoms. The van der Waals surface area contributed by atoms with Gasteiger partial charge in [0.2, 0.25) is 0 Å². The van der Waals surface area contributed by atoms with Crippen molar-refractivity contribution in [2.45, 2.75) is 33.2 Å². The number of hydrogen-bond acceptors (Lipinski definition) is 2. The molecule has 1 heterocycles. The third-order valence-corrected chi connectivity index (χ3v) is 3.55. The van der Waals surface area contributed by atoms with Gasteiger partial charge < -0.3 is 4.74 Å². The summed E-state index contributed by atoms with van der Waals surface area (Å²) in [6.45, 7) is 10.3. The van der Waals surface area contributed by atoms with E-state index in [1.165, 1.54) is 5.56 Å². The Labute approximate surface area is 115 Å². The van der Waals surface area contributed by atoms with E-state index in [1.54, 1.807) is 12.1 Å². The van der Waals surface area contributed by atoms with Crippen molar-refractivity contribution < 1.29 is 9.13 Å². The van der Waals surface area contributed by atoms with Crippen molar-refractivity contribution in [3.63, 3.8) is 0 Å². The Balaban J connectivity index is 2.19. The van der Waals surface area contributed by atoms with Gasteiger partial charge in [0.15, 0.2) is 0 Å². The molecule has 1 aromatic rings. The molecule has 2 rings (SSSR count). The Morgan fingerprint density at radius 2 is 1.74 bits per heavy atom. The summed E-state index contributed by atoms with van der Waals surface area (Å²) >= 11 is 0. The van der Waals surface area contributed by atoms with Crippen LogP contribution in [0, 0.1) is 11.2 Å². The number of hydrogen-bond donors (Lipinski definition) is 0. The van der Waals surface area contributed by atoms with Crippen molar-refractivity contribution in [1.29, 1.82) is 0 Å². The number of ether oxygens (including phenoxy) is 1. The highest BCUT2D eigenvalue weighted by Crippen LogP contribution is 2.34. The molecular weight excluding hydrogens is 241 g/mol. The van der Waals surface area contributed by atoms with Gasteiger partial charge in [0.1, 0.15) is 5.82 Å². The first kappa shape index (κ1) is 14.5. The maximum absolute atomic E-state index is 13.1. The predicted molar refractivity (Wildman–Crippen MR) is 75.6 cm³/mol. The maximum atomic E-state index is 13.1. The molecule has 1 atom stereocenters. The zero-order valence-corrected chi connectivity index (χ0v) is 12.2. The maximum Gasteiger partial charge on any atom is 0.123 e. The van der Waals surface area contributed by atoms with Crippen molar-refractivity contribution in [3.05, 3.63) is 35.6 Å². The van der Waals surface area contributed by atoms with E-state index in [9.17, 15) is 4.39 Å². The molecule has 0 radical (unpaired) electrons. The second-order valence-electron chi connectivity index (χ2n) is 6.48. The summed E-state index contributed by atoms with van der Waals surface area (Å²) in [6.07, 6.45) is 1.07. The van der Waals surface area contributed by atoms with Crippen molar-refractivity contribution in [1.82, 2.24) is 4.90 Å². The first-order valence-electron chi connectivity index (χ1n) is 7.03. The number of morpholine rings is 1. The van der Waals surface area contributed by atoms with E-state index in [4.69, 9.17) is 4.74 Å². The van der Waals surface area contributed by atoms with E-state index in [-0.39, 0.29) is 11.2 Å². The van der Waals surface area contributed by atoms with E-state index in [1.807, 2.05) is 12.1 Å². The van der Waals surface area contributed by atoms with Crippen LogP contribution in [0.4, 0.5) is 4.39 Å². The summed E-state index contributed by atoms with van der Waals surface area (Å²) in [4.78, 5) is 2.46. The average Bonchev–Trinajstić information content (AvgIpc) is 2.37. The van der Waals surface area contributed by atoms with Gasteiger partial charge in [-0.3, -0.25) is 4.90 Å². The first-order valence-corrected chi connectivity index (χ1v) is 7.03. The fourth-order valence-electron chi connectivity index (χ4n) is 2.61. The smallest absolute Gasteiger partial charge is 0.123 e. The van der Waals surface area contributed by atoms with Gasteiger partial charge in [0.25, 0.3) is 0 Å².